The SMILES string of the molecule is C=C(CCCC)C(C)(CC)CC. The van der Waals surface area contributed by atoms with Gasteiger partial charge in [-0.1, -0.05) is 46.3 Å². The third-order valence-corrected chi connectivity index (χ3v) is 3.25. The van der Waals surface area contributed by atoms with Gasteiger partial charge < -0.3 is 0 Å². The van der Waals surface area contributed by atoms with Crippen LogP contribution in [0.2, 0.25) is 0 Å². The minimum Gasteiger partial charge on any atom is -0.0993 e. The van der Waals surface area contributed by atoms with Gasteiger partial charge in [0.25, 0.3) is 0 Å². The summed E-state index contributed by atoms with van der Waals surface area (Å²) in [7, 11) is 0. The van der Waals surface area contributed by atoms with E-state index in [1.54, 1.807) is 0 Å². The zero-order valence-corrected chi connectivity index (χ0v) is 9.24. The molecule has 0 aromatic heterocycles. The van der Waals surface area contributed by atoms with E-state index in [0.29, 0.717) is 5.41 Å². The minimum atomic E-state index is 0.398. The van der Waals surface area contributed by atoms with Crippen molar-refractivity contribution in [3.8, 4) is 0 Å². The van der Waals surface area contributed by atoms with Crippen LogP contribution in [-0.4, -0.2) is 0 Å². The fourth-order valence-corrected chi connectivity index (χ4v) is 1.44. The second kappa shape index (κ2) is 5.40. The van der Waals surface area contributed by atoms with Crippen molar-refractivity contribution in [1.29, 1.82) is 0 Å². The summed E-state index contributed by atoms with van der Waals surface area (Å²) in [6, 6.07) is 0. The van der Waals surface area contributed by atoms with Crippen LogP contribution in [0.15, 0.2) is 12.2 Å². The molecule has 0 rings (SSSR count). The predicted molar refractivity (Wildman–Crippen MR) is 57.4 cm³/mol. The number of unbranched alkanes of at least 4 members (excludes halogenated alkanes) is 1. The molecule has 72 valence electrons. The van der Waals surface area contributed by atoms with Crippen molar-refractivity contribution < 1.29 is 0 Å². The lowest BCUT2D eigenvalue weighted by molar-refractivity contribution is 0.354. The van der Waals surface area contributed by atoms with E-state index in [4.69, 9.17) is 0 Å². The van der Waals surface area contributed by atoms with Crippen LogP contribution in [0.4, 0.5) is 0 Å². The highest BCUT2D eigenvalue weighted by molar-refractivity contribution is 5.07. The zero-order valence-electron chi connectivity index (χ0n) is 9.24. The van der Waals surface area contributed by atoms with Gasteiger partial charge in [0, 0.05) is 0 Å². The van der Waals surface area contributed by atoms with Gasteiger partial charge in [0.1, 0.15) is 0 Å². The van der Waals surface area contributed by atoms with Crippen molar-refractivity contribution in [2.45, 2.75) is 59.8 Å². The summed E-state index contributed by atoms with van der Waals surface area (Å²) in [5.74, 6) is 0. The Morgan fingerprint density at radius 2 is 1.67 bits per heavy atom. The molecular weight excluding hydrogens is 144 g/mol. The summed E-state index contributed by atoms with van der Waals surface area (Å²) in [6.07, 6.45) is 6.25. The van der Waals surface area contributed by atoms with Crippen molar-refractivity contribution >= 4 is 0 Å². The summed E-state index contributed by atoms with van der Waals surface area (Å²) in [5, 5.41) is 0. The topological polar surface area (TPSA) is 0 Å². The van der Waals surface area contributed by atoms with Gasteiger partial charge >= 0.3 is 0 Å². The van der Waals surface area contributed by atoms with Crippen LogP contribution in [-0.2, 0) is 0 Å². The van der Waals surface area contributed by atoms with Gasteiger partial charge in [-0.25, -0.2) is 0 Å². The molecule has 0 saturated carbocycles. The lowest BCUT2D eigenvalue weighted by Crippen LogP contribution is -2.16. The lowest BCUT2D eigenvalue weighted by Gasteiger charge is -2.29. The summed E-state index contributed by atoms with van der Waals surface area (Å²) in [4.78, 5) is 0. The zero-order chi connectivity index (χ0) is 9.61. The van der Waals surface area contributed by atoms with Crippen molar-refractivity contribution in [1.82, 2.24) is 0 Å². The lowest BCUT2D eigenvalue weighted by atomic mass is 9.76. The first-order valence-corrected chi connectivity index (χ1v) is 5.29. The second-order valence-electron chi connectivity index (χ2n) is 3.97. The van der Waals surface area contributed by atoms with Crippen LogP contribution in [0.1, 0.15) is 59.8 Å². The van der Waals surface area contributed by atoms with Crippen molar-refractivity contribution in [2.75, 3.05) is 0 Å². The van der Waals surface area contributed by atoms with E-state index in [2.05, 4.69) is 34.3 Å². The fourth-order valence-electron chi connectivity index (χ4n) is 1.44. The van der Waals surface area contributed by atoms with Crippen LogP contribution >= 0.6 is 0 Å². The third-order valence-electron chi connectivity index (χ3n) is 3.25. The minimum absolute atomic E-state index is 0.398. The van der Waals surface area contributed by atoms with Crippen LogP contribution in [0.3, 0.4) is 0 Å². The van der Waals surface area contributed by atoms with Gasteiger partial charge in [0.15, 0.2) is 0 Å². The molecule has 0 heteroatoms. The van der Waals surface area contributed by atoms with E-state index in [9.17, 15) is 0 Å². The van der Waals surface area contributed by atoms with Crippen molar-refractivity contribution in [3.05, 3.63) is 12.2 Å². The summed E-state index contributed by atoms with van der Waals surface area (Å²) < 4.78 is 0. The van der Waals surface area contributed by atoms with Gasteiger partial charge in [-0.3, -0.25) is 0 Å². The van der Waals surface area contributed by atoms with Gasteiger partial charge in [-0.2, -0.15) is 0 Å². The molecule has 0 unspecified atom stereocenters. The van der Waals surface area contributed by atoms with E-state index in [1.165, 1.54) is 37.7 Å². The molecule has 0 bridgehead atoms. The van der Waals surface area contributed by atoms with Crippen LogP contribution in [0.25, 0.3) is 0 Å². The average molecular weight is 168 g/mol. The molecular formula is C12H24. The Balaban J connectivity index is 4.03. The Morgan fingerprint density at radius 3 is 2.00 bits per heavy atom. The molecule has 0 amide bonds. The standard InChI is InChI=1S/C12H24/c1-6-9-10-11(4)12(5,7-2)8-3/h4,6-10H2,1-3,5H3. The number of hydrogen-bond donors (Lipinski definition) is 0. The highest BCUT2D eigenvalue weighted by Gasteiger charge is 2.22. The molecule has 0 aromatic rings. The average Bonchev–Trinajstić information content (AvgIpc) is 2.12. The van der Waals surface area contributed by atoms with Crippen molar-refractivity contribution in [2.24, 2.45) is 5.41 Å². The Kier molecular flexibility index (Phi) is 5.28. The molecule has 0 fully saturated rings. The number of allylic oxidation sites excluding steroid dienone is 1. The molecule has 0 N–H and O–H groups in total. The Hall–Kier alpha value is -0.260. The quantitative estimate of drug-likeness (QED) is 0.510. The molecule has 0 aliphatic rings. The molecule has 0 atom stereocenters. The van der Waals surface area contributed by atoms with E-state index < -0.39 is 0 Å². The largest absolute Gasteiger partial charge is 0.0993 e. The molecule has 0 aliphatic carbocycles. The van der Waals surface area contributed by atoms with E-state index in [-0.39, 0.29) is 0 Å². The Bertz CT molecular complexity index is 129. The fraction of sp³-hybridized carbons (Fsp3) is 0.833. The molecule has 0 aliphatic heterocycles. The van der Waals surface area contributed by atoms with Gasteiger partial charge in [-0.05, 0) is 31.1 Å². The highest BCUT2D eigenvalue weighted by Crippen LogP contribution is 2.35. The summed E-state index contributed by atoms with van der Waals surface area (Å²) in [5.41, 5.74) is 1.85. The van der Waals surface area contributed by atoms with Gasteiger partial charge in [0.05, 0.1) is 0 Å². The van der Waals surface area contributed by atoms with Crippen LogP contribution in [0, 0.1) is 5.41 Å². The second-order valence-corrected chi connectivity index (χ2v) is 3.97. The van der Waals surface area contributed by atoms with Gasteiger partial charge in [0.2, 0.25) is 0 Å². The number of rotatable bonds is 6. The summed E-state index contributed by atoms with van der Waals surface area (Å²) in [6.45, 7) is 13.3. The maximum absolute atomic E-state index is 4.21. The van der Waals surface area contributed by atoms with E-state index in [1.807, 2.05) is 0 Å². The van der Waals surface area contributed by atoms with Gasteiger partial charge in [-0.15, -0.1) is 0 Å². The first-order valence-electron chi connectivity index (χ1n) is 5.29. The maximum Gasteiger partial charge on any atom is -0.0124 e. The predicted octanol–water partition coefficient (Wildman–Crippen LogP) is 4.56. The molecule has 0 saturated heterocycles. The van der Waals surface area contributed by atoms with E-state index >= 15 is 0 Å². The van der Waals surface area contributed by atoms with Crippen molar-refractivity contribution in [3.63, 3.8) is 0 Å². The molecule has 12 heavy (non-hydrogen) atoms. The first kappa shape index (κ1) is 11.7. The first-order chi connectivity index (χ1) is 5.60. The Morgan fingerprint density at radius 1 is 1.17 bits per heavy atom. The highest BCUT2D eigenvalue weighted by atomic mass is 14.3. The maximum atomic E-state index is 4.21. The third kappa shape index (κ3) is 3.00. The normalized spacial score (nSPS) is 11.7. The monoisotopic (exact) mass is 168 g/mol. The summed E-state index contributed by atoms with van der Waals surface area (Å²) >= 11 is 0. The smallest absolute Gasteiger partial charge is 0.0124 e. The molecule has 0 nitrogen and oxygen atoms in total. The molecule has 0 radical (unpaired) electrons. The van der Waals surface area contributed by atoms with Crippen LogP contribution in [0.5, 0.6) is 0 Å². The Labute approximate surface area is 78.1 Å². The number of hydrogen-bond acceptors (Lipinski definition) is 0. The van der Waals surface area contributed by atoms with Crippen LogP contribution < -0.4 is 0 Å². The molecule has 0 spiro atoms. The molecule has 0 aromatic carbocycles. The van der Waals surface area contributed by atoms with E-state index in [0.717, 1.165) is 0 Å². The molecule has 0 heterocycles.